The van der Waals surface area contributed by atoms with Crippen molar-refractivity contribution in [2.24, 2.45) is 10.7 Å². The van der Waals surface area contributed by atoms with Crippen LogP contribution < -0.4 is 16.4 Å². The Kier molecular flexibility index (Phi) is 6.73. The maximum Gasteiger partial charge on any atom is 0.200 e. The molecule has 1 aromatic carbocycles. The van der Waals surface area contributed by atoms with E-state index in [1.165, 1.54) is 11.1 Å². The van der Waals surface area contributed by atoms with E-state index in [4.69, 9.17) is 18.0 Å². The zero-order valence-electron chi connectivity index (χ0n) is 12.1. The second-order valence-corrected chi connectivity index (χ2v) is 4.64. The average Bonchev–Trinajstić information content (AvgIpc) is 2.45. The highest BCUT2D eigenvalue weighted by Gasteiger charge is 2.07. The molecule has 0 saturated carbocycles. The Morgan fingerprint density at radius 1 is 1.35 bits per heavy atom. The minimum Gasteiger partial charge on any atom is -0.369 e. The third-order valence-electron chi connectivity index (χ3n) is 2.87. The Morgan fingerprint density at radius 2 is 1.95 bits per heavy atom. The van der Waals surface area contributed by atoms with Crippen LogP contribution in [0.3, 0.4) is 0 Å². The highest BCUT2D eigenvalue weighted by Crippen LogP contribution is 2.22. The van der Waals surface area contributed by atoms with Gasteiger partial charge < -0.3 is 16.4 Å². The quantitative estimate of drug-likeness (QED) is 0.338. The van der Waals surface area contributed by atoms with Gasteiger partial charge >= 0.3 is 0 Å². The summed E-state index contributed by atoms with van der Waals surface area (Å²) >= 11 is 5.07. The molecule has 0 radical (unpaired) electrons. The molecule has 20 heavy (non-hydrogen) atoms. The third kappa shape index (κ3) is 4.66. The summed E-state index contributed by atoms with van der Waals surface area (Å²) in [5.41, 5.74) is 9.37. The van der Waals surface area contributed by atoms with Gasteiger partial charge in [-0.15, -0.1) is 6.58 Å². The molecular weight excluding hydrogens is 268 g/mol. The normalized spacial score (nSPS) is 11.0. The fourth-order valence-electron chi connectivity index (χ4n) is 1.87. The standard InChI is InChI=1S/C15H22N4S/c1-4-10-17-15(20)19-14(16)18-13-11(5-2)8-7-9-12(13)6-3/h4,7-9H,1,5-6,10H2,2-3H3,(H4,16,17,18,19,20). The van der Waals surface area contributed by atoms with Crippen molar-refractivity contribution in [3.8, 4) is 0 Å². The zero-order valence-corrected chi connectivity index (χ0v) is 12.9. The molecule has 4 nitrogen and oxygen atoms in total. The number of hydrogen-bond acceptors (Lipinski definition) is 1. The van der Waals surface area contributed by atoms with Crippen molar-refractivity contribution in [2.45, 2.75) is 26.7 Å². The number of nitrogens with zero attached hydrogens (tertiary/aromatic N) is 1. The van der Waals surface area contributed by atoms with Crippen LogP contribution in [0.25, 0.3) is 0 Å². The number of nitrogens with one attached hydrogen (secondary N) is 2. The predicted molar refractivity (Wildman–Crippen MR) is 91.2 cm³/mol. The first-order valence-corrected chi connectivity index (χ1v) is 7.13. The lowest BCUT2D eigenvalue weighted by atomic mass is 10.0. The van der Waals surface area contributed by atoms with Crippen LogP contribution >= 0.6 is 12.2 Å². The Balaban J connectivity index is 2.89. The molecule has 5 heteroatoms. The number of aryl methyl sites for hydroxylation is 2. The molecule has 0 aliphatic rings. The maximum atomic E-state index is 5.91. The van der Waals surface area contributed by atoms with E-state index in [2.05, 4.69) is 54.3 Å². The van der Waals surface area contributed by atoms with Gasteiger partial charge in [-0.1, -0.05) is 38.1 Å². The van der Waals surface area contributed by atoms with Gasteiger partial charge in [-0.3, -0.25) is 0 Å². The molecule has 0 aliphatic carbocycles. The van der Waals surface area contributed by atoms with Gasteiger partial charge in [-0.05, 0) is 36.2 Å². The molecule has 4 N–H and O–H groups in total. The molecule has 0 bridgehead atoms. The van der Waals surface area contributed by atoms with Crippen molar-refractivity contribution in [1.82, 2.24) is 5.32 Å². The fourth-order valence-corrected chi connectivity index (χ4v) is 2.05. The monoisotopic (exact) mass is 290 g/mol. The second-order valence-electron chi connectivity index (χ2n) is 4.26. The summed E-state index contributed by atoms with van der Waals surface area (Å²) in [7, 11) is 0. The Bertz CT molecular complexity index is 486. The topological polar surface area (TPSA) is 62.4 Å². The second kappa shape index (κ2) is 8.32. The lowest BCUT2D eigenvalue weighted by Gasteiger charge is -2.14. The van der Waals surface area contributed by atoms with Crippen LogP contribution in [0.15, 0.2) is 35.8 Å². The van der Waals surface area contributed by atoms with Gasteiger partial charge in [0.05, 0.1) is 0 Å². The van der Waals surface area contributed by atoms with Crippen molar-refractivity contribution < 1.29 is 0 Å². The summed E-state index contributed by atoms with van der Waals surface area (Å²) < 4.78 is 0. The number of anilines is 1. The highest BCUT2D eigenvalue weighted by molar-refractivity contribution is 7.80. The van der Waals surface area contributed by atoms with E-state index in [1.54, 1.807) is 6.08 Å². The van der Waals surface area contributed by atoms with Crippen molar-refractivity contribution in [2.75, 3.05) is 11.9 Å². The van der Waals surface area contributed by atoms with E-state index in [-0.39, 0.29) is 0 Å². The highest BCUT2D eigenvalue weighted by atomic mass is 32.1. The van der Waals surface area contributed by atoms with Gasteiger partial charge in [0.15, 0.2) is 5.11 Å². The Morgan fingerprint density at radius 3 is 2.45 bits per heavy atom. The van der Waals surface area contributed by atoms with E-state index < -0.39 is 0 Å². The first-order valence-electron chi connectivity index (χ1n) is 6.73. The van der Waals surface area contributed by atoms with Gasteiger partial charge in [0, 0.05) is 12.2 Å². The van der Waals surface area contributed by atoms with Crippen molar-refractivity contribution in [3.05, 3.63) is 42.0 Å². The summed E-state index contributed by atoms with van der Waals surface area (Å²) in [5, 5.41) is 6.42. The van der Waals surface area contributed by atoms with Gasteiger partial charge in [-0.25, -0.2) is 0 Å². The van der Waals surface area contributed by atoms with E-state index in [9.17, 15) is 0 Å². The molecule has 0 spiro atoms. The van der Waals surface area contributed by atoms with E-state index in [0.717, 1.165) is 18.5 Å². The summed E-state index contributed by atoms with van der Waals surface area (Å²) in [5.74, 6) is 0.294. The van der Waals surface area contributed by atoms with E-state index in [0.29, 0.717) is 17.6 Å². The van der Waals surface area contributed by atoms with Crippen LogP contribution in [0.1, 0.15) is 25.0 Å². The Hall–Kier alpha value is -1.88. The number of nitrogens with two attached hydrogens (primary N) is 1. The van der Waals surface area contributed by atoms with Gasteiger partial charge in [0.25, 0.3) is 0 Å². The molecule has 108 valence electrons. The molecule has 0 amide bonds. The smallest absolute Gasteiger partial charge is 0.200 e. The number of hydrogen-bond donors (Lipinski definition) is 3. The van der Waals surface area contributed by atoms with E-state index in [1.807, 2.05) is 0 Å². The van der Waals surface area contributed by atoms with Crippen molar-refractivity contribution >= 4 is 29.0 Å². The van der Waals surface area contributed by atoms with Crippen LogP contribution in [-0.2, 0) is 12.8 Å². The third-order valence-corrected chi connectivity index (χ3v) is 3.11. The van der Waals surface area contributed by atoms with Crippen LogP contribution in [0, 0.1) is 0 Å². The van der Waals surface area contributed by atoms with Gasteiger partial charge in [-0.2, -0.15) is 4.99 Å². The molecule has 0 aromatic heterocycles. The molecule has 1 aromatic rings. The lowest BCUT2D eigenvalue weighted by molar-refractivity contribution is 1.05. The van der Waals surface area contributed by atoms with Crippen LogP contribution in [-0.4, -0.2) is 17.6 Å². The predicted octanol–water partition coefficient (Wildman–Crippen LogP) is 2.60. The van der Waals surface area contributed by atoms with Crippen molar-refractivity contribution in [1.29, 1.82) is 0 Å². The molecule has 0 unspecified atom stereocenters. The van der Waals surface area contributed by atoms with Crippen molar-refractivity contribution in [3.63, 3.8) is 0 Å². The molecule has 1 rings (SSSR count). The number of para-hydroxylation sites is 1. The molecule has 0 heterocycles. The lowest BCUT2D eigenvalue weighted by Crippen LogP contribution is -2.29. The number of aliphatic imine (C=N–C) groups is 1. The summed E-state index contributed by atoms with van der Waals surface area (Å²) in [6.07, 6.45) is 3.58. The summed E-state index contributed by atoms with van der Waals surface area (Å²) in [6, 6.07) is 6.23. The largest absolute Gasteiger partial charge is 0.369 e. The number of benzene rings is 1. The number of rotatable bonds is 5. The zero-order chi connectivity index (χ0) is 15.0. The first kappa shape index (κ1) is 16.2. The maximum absolute atomic E-state index is 5.91. The SMILES string of the molecule is C=CCNC(=S)/N=C(\N)Nc1c(CC)cccc1CC. The van der Waals surface area contributed by atoms with Crippen LogP contribution in [0.4, 0.5) is 5.69 Å². The molecular formula is C15H22N4S. The summed E-state index contributed by atoms with van der Waals surface area (Å²) in [4.78, 5) is 4.12. The number of guanidine groups is 1. The summed E-state index contributed by atoms with van der Waals surface area (Å²) in [6.45, 7) is 8.41. The molecule has 0 aliphatic heterocycles. The molecule has 0 atom stereocenters. The van der Waals surface area contributed by atoms with E-state index >= 15 is 0 Å². The minimum atomic E-state index is 0.294. The van der Waals surface area contributed by atoms with Gasteiger partial charge in [0.2, 0.25) is 5.96 Å². The Labute approximate surface area is 126 Å². The molecule has 0 fully saturated rings. The van der Waals surface area contributed by atoms with Crippen LogP contribution in [0.2, 0.25) is 0 Å². The number of thiocarbonyl (C=S) groups is 1. The van der Waals surface area contributed by atoms with Crippen LogP contribution in [0.5, 0.6) is 0 Å². The molecule has 0 saturated heterocycles. The first-order chi connectivity index (χ1) is 9.62. The van der Waals surface area contributed by atoms with Gasteiger partial charge in [0.1, 0.15) is 0 Å². The fraction of sp³-hybridized carbons (Fsp3) is 0.333. The average molecular weight is 290 g/mol. The minimum absolute atomic E-state index is 0.294.